The molecule has 0 saturated heterocycles. The zero-order valence-electron chi connectivity index (χ0n) is 19.7. The van der Waals surface area contributed by atoms with E-state index in [0.717, 1.165) is 23.1 Å². The number of carbonyl (C=O) groups excluding carboxylic acids is 2. The summed E-state index contributed by atoms with van der Waals surface area (Å²) < 4.78 is 5.37. The van der Waals surface area contributed by atoms with Gasteiger partial charge in [0.15, 0.2) is 0 Å². The summed E-state index contributed by atoms with van der Waals surface area (Å²) in [7, 11) is 0. The fourth-order valence-corrected chi connectivity index (χ4v) is 4.23. The van der Waals surface area contributed by atoms with Crippen molar-refractivity contribution in [1.82, 2.24) is 16.0 Å². The highest BCUT2D eigenvalue weighted by Crippen LogP contribution is 2.31. The molecule has 0 spiro atoms. The SMILES string of the molecule is CCOC(=O)C1=C(CNC(C)(C)CC(C)(C)C)NC(=O)N[C@@H]1c1cc(C)ccc1C. The van der Waals surface area contributed by atoms with Crippen molar-refractivity contribution in [2.24, 2.45) is 5.41 Å². The van der Waals surface area contributed by atoms with Crippen LogP contribution < -0.4 is 16.0 Å². The van der Waals surface area contributed by atoms with E-state index in [0.29, 0.717) is 17.8 Å². The fourth-order valence-electron chi connectivity index (χ4n) is 4.23. The number of amides is 2. The molecule has 6 nitrogen and oxygen atoms in total. The first-order chi connectivity index (χ1) is 13.8. The van der Waals surface area contributed by atoms with Gasteiger partial charge in [-0.05, 0) is 57.6 Å². The van der Waals surface area contributed by atoms with E-state index in [9.17, 15) is 9.59 Å². The number of rotatable bonds is 7. The molecule has 0 saturated carbocycles. The van der Waals surface area contributed by atoms with Crippen molar-refractivity contribution >= 4 is 12.0 Å². The Labute approximate surface area is 180 Å². The second kappa shape index (κ2) is 9.21. The second-order valence-corrected chi connectivity index (χ2v) is 9.98. The molecule has 6 heteroatoms. The van der Waals surface area contributed by atoms with E-state index in [-0.39, 0.29) is 23.6 Å². The summed E-state index contributed by atoms with van der Waals surface area (Å²) in [4.78, 5) is 25.4. The maximum Gasteiger partial charge on any atom is 0.338 e. The van der Waals surface area contributed by atoms with Crippen LogP contribution in [0.25, 0.3) is 0 Å². The number of urea groups is 1. The number of ether oxygens (including phenoxy) is 1. The number of aryl methyl sites for hydroxylation is 2. The molecule has 30 heavy (non-hydrogen) atoms. The maximum absolute atomic E-state index is 12.9. The minimum Gasteiger partial charge on any atom is -0.463 e. The Bertz CT molecular complexity index is 835. The van der Waals surface area contributed by atoms with Gasteiger partial charge in [0.1, 0.15) is 0 Å². The average Bonchev–Trinajstić information content (AvgIpc) is 2.59. The minimum absolute atomic E-state index is 0.146. The molecule has 0 aliphatic carbocycles. The molecule has 0 aromatic heterocycles. The highest BCUT2D eigenvalue weighted by atomic mass is 16.5. The van der Waals surface area contributed by atoms with Crippen molar-refractivity contribution in [3.8, 4) is 0 Å². The molecule has 3 N–H and O–H groups in total. The van der Waals surface area contributed by atoms with E-state index >= 15 is 0 Å². The first-order valence-electron chi connectivity index (χ1n) is 10.6. The lowest BCUT2D eigenvalue weighted by atomic mass is 9.81. The standard InChI is InChI=1S/C24H37N3O3/c1-9-30-21(28)19-18(13-25-24(7,8)14-23(4,5)6)26-22(29)27-20(19)17-12-15(2)10-11-16(17)3/h10-12,20,25H,9,13-14H2,1-8H3,(H2,26,27,29)/t20-/m1/s1. The van der Waals surface area contributed by atoms with Crippen LogP contribution in [-0.4, -0.2) is 30.7 Å². The number of hydrogen-bond donors (Lipinski definition) is 3. The van der Waals surface area contributed by atoms with Gasteiger partial charge in [-0.25, -0.2) is 9.59 Å². The molecule has 0 bridgehead atoms. The number of carbonyl (C=O) groups is 2. The molecule has 166 valence electrons. The van der Waals surface area contributed by atoms with Crippen LogP contribution >= 0.6 is 0 Å². The topological polar surface area (TPSA) is 79.5 Å². The Morgan fingerprint density at radius 3 is 2.43 bits per heavy atom. The smallest absolute Gasteiger partial charge is 0.338 e. The highest BCUT2D eigenvalue weighted by molar-refractivity contribution is 5.95. The predicted molar refractivity (Wildman–Crippen MR) is 120 cm³/mol. The van der Waals surface area contributed by atoms with Crippen LogP contribution in [0.15, 0.2) is 29.5 Å². The summed E-state index contributed by atoms with van der Waals surface area (Å²) in [5.74, 6) is -0.415. The van der Waals surface area contributed by atoms with Crippen molar-refractivity contribution in [2.75, 3.05) is 13.2 Å². The molecule has 0 unspecified atom stereocenters. The van der Waals surface area contributed by atoms with Gasteiger partial charge in [0.05, 0.1) is 18.2 Å². The summed E-state index contributed by atoms with van der Waals surface area (Å²) >= 11 is 0. The largest absolute Gasteiger partial charge is 0.463 e. The lowest BCUT2D eigenvalue weighted by Gasteiger charge is -2.35. The molecule has 2 amide bonds. The van der Waals surface area contributed by atoms with Gasteiger partial charge in [0.25, 0.3) is 0 Å². The van der Waals surface area contributed by atoms with Crippen molar-refractivity contribution < 1.29 is 14.3 Å². The summed E-state index contributed by atoms with van der Waals surface area (Å²) in [6.07, 6.45) is 0.939. The molecular weight excluding hydrogens is 378 g/mol. The third-order valence-electron chi connectivity index (χ3n) is 5.11. The van der Waals surface area contributed by atoms with Gasteiger partial charge in [-0.3, -0.25) is 0 Å². The molecule has 1 atom stereocenters. The fraction of sp³-hybridized carbons (Fsp3) is 0.583. The van der Waals surface area contributed by atoms with Crippen LogP contribution in [0.1, 0.15) is 70.7 Å². The molecule has 1 aliphatic heterocycles. The quantitative estimate of drug-likeness (QED) is 0.581. The molecule has 1 heterocycles. The van der Waals surface area contributed by atoms with Gasteiger partial charge >= 0.3 is 12.0 Å². The van der Waals surface area contributed by atoms with E-state index in [1.165, 1.54) is 0 Å². The third-order valence-corrected chi connectivity index (χ3v) is 5.11. The van der Waals surface area contributed by atoms with Gasteiger partial charge < -0.3 is 20.7 Å². The summed E-state index contributed by atoms with van der Waals surface area (Å²) in [6, 6.07) is 5.16. The molecular formula is C24H37N3O3. The van der Waals surface area contributed by atoms with Crippen LogP contribution in [0, 0.1) is 19.3 Å². The summed E-state index contributed by atoms with van der Waals surface area (Å²) in [5, 5.41) is 9.28. The Balaban J connectivity index is 2.46. The monoisotopic (exact) mass is 415 g/mol. The van der Waals surface area contributed by atoms with E-state index in [2.05, 4.69) is 50.6 Å². The third kappa shape index (κ3) is 6.33. The summed E-state index contributed by atoms with van der Waals surface area (Å²) in [5.41, 5.74) is 3.96. The zero-order chi connectivity index (χ0) is 22.7. The summed E-state index contributed by atoms with van der Waals surface area (Å²) in [6.45, 7) is 17.3. The average molecular weight is 416 g/mol. The second-order valence-electron chi connectivity index (χ2n) is 9.98. The molecule has 1 aliphatic rings. The normalized spacial score (nSPS) is 17.5. The first kappa shape index (κ1) is 23.9. The highest BCUT2D eigenvalue weighted by Gasteiger charge is 2.35. The first-order valence-corrected chi connectivity index (χ1v) is 10.6. The van der Waals surface area contributed by atoms with Gasteiger partial charge in [0, 0.05) is 17.8 Å². The van der Waals surface area contributed by atoms with Crippen LogP contribution in [0.5, 0.6) is 0 Å². The zero-order valence-corrected chi connectivity index (χ0v) is 19.7. The minimum atomic E-state index is -0.555. The molecule has 0 radical (unpaired) electrons. The van der Waals surface area contributed by atoms with Crippen LogP contribution in [-0.2, 0) is 9.53 Å². The van der Waals surface area contributed by atoms with E-state index in [1.54, 1.807) is 6.92 Å². The number of benzene rings is 1. The van der Waals surface area contributed by atoms with E-state index in [1.807, 2.05) is 32.0 Å². The maximum atomic E-state index is 12.9. The molecule has 0 fully saturated rings. The van der Waals surface area contributed by atoms with E-state index in [4.69, 9.17) is 4.74 Å². The number of esters is 1. The van der Waals surface area contributed by atoms with Crippen molar-refractivity contribution in [3.63, 3.8) is 0 Å². The van der Waals surface area contributed by atoms with Gasteiger partial charge in [-0.15, -0.1) is 0 Å². The van der Waals surface area contributed by atoms with E-state index < -0.39 is 12.0 Å². The Hall–Kier alpha value is -2.34. The van der Waals surface area contributed by atoms with Gasteiger partial charge in [-0.2, -0.15) is 0 Å². The lowest BCUT2D eigenvalue weighted by molar-refractivity contribution is -0.139. The predicted octanol–water partition coefficient (Wildman–Crippen LogP) is 4.28. The lowest BCUT2D eigenvalue weighted by Crippen LogP contribution is -2.51. The number of hydrogen-bond acceptors (Lipinski definition) is 4. The Morgan fingerprint density at radius 2 is 1.83 bits per heavy atom. The molecule has 2 rings (SSSR count). The van der Waals surface area contributed by atoms with Crippen LogP contribution in [0.4, 0.5) is 4.79 Å². The van der Waals surface area contributed by atoms with Gasteiger partial charge in [-0.1, -0.05) is 44.5 Å². The molecule has 1 aromatic carbocycles. The van der Waals surface area contributed by atoms with Crippen molar-refractivity contribution in [1.29, 1.82) is 0 Å². The Kier molecular flexibility index (Phi) is 7.35. The van der Waals surface area contributed by atoms with Crippen molar-refractivity contribution in [3.05, 3.63) is 46.2 Å². The van der Waals surface area contributed by atoms with Gasteiger partial charge in [0.2, 0.25) is 0 Å². The van der Waals surface area contributed by atoms with Crippen molar-refractivity contribution in [2.45, 2.75) is 73.4 Å². The number of nitrogens with one attached hydrogen (secondary N) is 3. The Morgan fingerprint density at radius 1 is 1.17 bits per heavy atom. The molecule has 1 aromatic rings. The van der Waals surface area contributed by atoms with Crippen LogP contribution in [0.3, 0.4) is 0 Å². The van der Waals surface area contributed by atoms with Crippen LogP contribution in [0.2, 0.25) is 0 Å².